The van der Waals surface area contributed by atoms with Crippen LogP contribution in [0.15, 0.2) is 18.2 Å². The fourth-order valence-electron chi connectivity index (χ4n) is 1.07. The maximum atomic E-state index is 13.0. The number of rotatable bonds is 3. The van der Waals surface area contributed by atoms with Gasteiger partial charge in [-0.25, -0.2) is 8.78 Å². The minimum atomic E-state index is -0.635. The average molecular weight is 187 g/mol. The third-order valence-corrected chi connectivity index (χ3v) is 1.71. The van der Waals surface area contributed by atoms with Crippen LogP contribution in [0, 0.1) is 11.6 Å². The van der Waals surface area contributed by atoms with E-state index in [1.54, 1.807) is 0 Å². The molecule has 0 spiro atoms. The predicted molar refractivity (Wildman–Crippen MR) is 45.2 cm³/mol. The summed E-state index contributed by atoms with van der Waals surface area (Å²) in [6, 6.07) is 2.76. The molecule has 72 valence electrons. The van der Waals surface area contributed by atoms with Crippen molar-refractivity contribution in [1.82, 2.24) is 0 Å². The minimum Gasteiger partial charge on any atom is -0.383 e. The summed E-state index contributed by atoms with van der Waals surface area (Å²) in [5, 5.41) is 0. The van der Waals surface area contributed by atoms with Crippen molar-refractivity contribution < 1.29 is 13.5 Å². The second kappa shape index (κ2) is 4.30. The van der Waals surface area contributed by atoms with Crippen LogP contribution in [0.2, 0.25) is 0 Å². The second-order valence-corrected chi connectivity index (χ2v) is 2.73. The third-order valence-electron chi connectivity index (χ3n) is 1.71. The lowest BCUT2D eigenvalue weighted by atomic mass is 10.1. The maximum Gasteiger partial charge on any atom is 0.130 e. The molecule has 2 N–H and O–H groups in total. The molecule has 0 bridgehead atoms. The van der Waals surface area contributed by atoms with Gasteiger partial charge >= 0.3 is 0 Å². The molecule has 0 saturated heterocycles. The summed E-state index contributed by atoms with van der Waals surface area (Å²) in [4.78, 5) is 0. The van der Waals surface area contributed by atoms with E-state index in [1.165, 1.54) is 19.2 Å². The van der Waals surface area contributed by atoms with Gasteiger partial charge in [0.05, 0.1) is 12.6 Å². The van der Waals surface area contributed by atoms with Gasteiger partial charge in [-0.15, -0.1) is 0 Å². The normalized spacial score (nSPS) is 12.9. The molecule has 0 amide bonds. The van der Waals surface area contributed by atoms with Crippen molar-refractivity contribution in [3.05, 3.63) is 35.4 Å². The van der Waals surface area contributed by atoms with Crippen molar-refractivity contribution in [2.24, 2.45) is 5.73 Å². The highest BCUT2D eigenvalue weighted by molar-refractivity contribution is 5.21. The van der Waals surface area contributed by atoms with Crippen LogP contribution in [0.3, 0.4) is 0 Å². The SMILES string of the molecule is COC[C@@H](N)c1ccc(F)cc1F. The van der Waals surface area contributed by atoms with Crippen LogP contribution in [-0.4, -0.2) is 13.7 Å². The monoisotopic (exact) mass is 187 g/mol. The Balaban J connectivity index is 2.88. The Morgan fingerprint density at radius 1 is 1.46 bits per heavy atom. The molecule has 0 unspecified atom stereocenters. The summed E-state index contributed by atoms with van der Waals surface area (Å²) < 4.78 is 30.3. The van der Waals surface area contributed by atoms with Gasteiger partial charge in [-0.3, -0.25) is 0 Å². The van der Waals surface area contributed by atoms with Crippen LogP contribution in [0.25, 0.3) is 0 Å². The highest BCUT2D eigenvalue weighted by Crippen LogP contribution is 2.16. The topological polar surface area (TPSA) is 35.2 Å². The molecule has 0 aliphatic carbocycles. The van der Waals surface area contributed by atoms with Gasteiger partial charge in [-0.1, -0.05) is 6.07 Å². The molecule has 0 aromatic heterocycles. The highest BCUT2D eigenvalue weighted by Gasteiger charge is 2.11. The van der Waals surface area contributed by atoms with Gasteiger partial charge in [0.15, 0.2) is 0 Å². The Kier molecular flexibility index (Phi) is 3.33. The van der Waals surface area contributed by atoms with Crippen LogP contribution in [0.5, 0.6) is 0 Å². The van der Waals surface area contributed by atoms with E-state index in [9.17, 15) is 8.78 Å². The Hall–Kier alpha value is -1.00. The lowest BCUT2D eigenvalue weighted by Gasteiger charge is -2.11. The van der Waals surface area contributed by atoms with Crippen molar-refractivity contribution in [2.45, 2.75) is 6.04 Å². The third kappa shape index (κ3) is 2.47. The highest BCUT2D eigenvalue weighted by atomic mass is 19.1. The first kappa shape index (κ1) is 10.1. The maximum absolute atomic E-state index is 13.0. The molecule has 0 aliphatic heterocycles. The van der Waals surface area contributed by atoms with Crippen molar-refractivity contribution in [3.63, 3.8) is 0 Å². The molecule has 0 radical (unpaired) electrons. The molecule has 0 aliphatic rings. The van der Waals surface area contributed by atoms with Crippen LogP contribution in [0.1, 0.15) is 11.6 Å². The summed E-state index contributed by atoms with van der Waals surface area (Å²) >= 11 is 0. The van der Waals surface area contributed by atoms with Gasteiger partial charge in [-0.2, -0.15) is 0 Å². The summed E-state index contributed by atoms with van der Waals surface area (Å²) in [7, 11) is 1.47. The molecule has 0 fully saturated rings. The standard InChI is InChI=1S/C9H11F2NO/c1-13-5-9(12)7-3-2-6(10)4-8(7)11/h2-4,9H,5,12H2,1H3/t9-/m1/s1. The number of halogens is 2. The van der Waals surface area contributed by atoms with E-state index >= 15 is 0 Å². The molecule has 13 heavy (non-hydrogen) atoms. The summed E-state index contributed by atoms with van der Waals surface area (Å²) in [5.74, 6) is -1.24. The Bertz CT molecular complexity index is 291. The van der Waals surface area contributed by atoms with Crippen LogP contribution < -0.4 is 5.73 Å². The van der Waals surface area contributed by atoms with Gasteiger partial charge in [-0.05, 0) is 6.07 Å². The van der Waals surface area contributed by atoms with E-state index in [2.05, 4.69) is 0 Å². The predicted octanol–water partition coefficient (Wildman–Crippen LogP) is 1.61. The van der Waals surface area contributed by atoms with Crippen molar-refractivity contribution in [2.75, 3.05) is 13.7 Å². The van der Waals surface area contributed by atoms with E-state index in [1.807, 2.05) is 0 Å². The summed E-state index contributed by atoms with van der Waals surface area (Å²) in [6.07, 6.45) is 0. The molecular formula is C9H11F2NO. The van der Waals surface area contributed by atoms with Crippen molar-refractivity contribution >= 4 is 0 Å². The van der Waals surface area contributed by atoms with Gasteiger partial charge in [0.25, 0.3) is 0 Å². The van der Waals surface area contributed by atoms with E-state index in [0.29, 0.717) is 0 Å². The number of benzene rings is 1. The molecule has 1 rings (SSSR count). The minimum absolute atomic E-state index is 0.211. The zero-order chi connectivity index (χ0) is 9.84. The number of hydrogen-bond acceptors (Lipinski definition) is 2. The molecule has 1 aromatic carbocycles. The molecule has 1 atom stereocenters. The van der Waals surface area contributed by atoms with Crippen molar-refractivity contribution in [3.8, 4) is 0 Å². The fraction of sp³-hybridized carbons (Fsp3) is 0.333. The summed E-state index contributed by atoms with van der Waals surface area (Å²) in [5.41, 5.74) is 5.84. The zero-order valence-corrected chi connectivity index (χ0v) is 7.26. The smallest absolute Gasteiger partial charge is 0.130 e. The zero-order valence-electron chi connectivity index (χ0n) is 7.26. The van der Waals surface area contributed by atoms with E-state index in [4.69, 9.17) is 10.5 Å². The molecule has 2 nitrogen and oxygen atoms in total. The molecule has 0 saturated carbocycles. The molecule has 1 aromatic rings. The number of hydrogen-bond donors (Lipinski definition) is 1. The van der Waals surface area contributed by atoms with Crippen LogP contribution >= 0.6 is 0 Å². The van der Waals surface area contributed by atoms with E-state index in [-0.39, 0.29) is 12.2 Å². The quantitative estimate of drug-likeness (QED) is 0.780. The second-order valence-electron chi connectivity index (χ2n) is 2.73. The van der Waals surface area contributed by atoms with Gasteiger partial charge in [0.1, 0.15) is 11.6 Å². The lowest BCUT2D eigenvalue weighted by molar-refractivity contribution is 0.179. The summed E-state index contributed by atoms with van der Waals surface area (Å²) in [6.45, 7) is 0.211. The molecule has 0 heterocycles. The van der Waals surface area contributed by atoms with Crippen LogP contribution in [-0.2, 0) is 4.74 Å². The van der Waals surface area contributed by atoms with Gasteiger partial charge < -0.3 is 10.5 Å². The average Bonchev–Trinajstić information content (AvgIpc) is 2.04. The Morgan fingerprint density at radius 3 is 2.69 bits per heavy atom. The number of nitrogens with two attached hydrogens (primary N) is 1. The first-order valence-electron chi connectivity index (χ1n) is 3.84. The van der Waals surface area contributed by atoms with Gasteiger partial charge in [0.2, 0.25) is 0 Å². The van der Waals surface area contributed by atoms with E-state index < -0.39 is 17.7 Å². The number of ether oxygens (including phenoxy) is 1. The van der Waals surface area contributed by atoms with Crippen LogP contribution in [0.4, 0.5) is 8.78 Å². The van der Waals surface area contributed by atoms with E-state index in [0.717, 1.165) is 6.07 Å². The Labute approximate surface area is 75.3 Å². The number of methoxy groups -OCH3 is 1. The first-order chi connectivity index (χ1) is 6.15. The van der Waals surface area contributed by atoms with Gasteiger partial charge in [0, 0.05) is 18.7 Å². The molecular weight excluding hydrogens is 176 g/mol. The lowest BCUT2D eigenvalue weighted by Crippen LogP contribution is -2.17. The molecule has 4 heteroatoms. The fourth-order valence-corrected chi connectivity index (χ4v) is 1.07. The Morgan fingerprint density at radius 2 is 2.15 bits per heavy atom. The first-order valence-corrected chi connectivity index (χ1v) is 3.84. The largest absolute Gasteiger partial charge is 0.383 e. The van der Waals surface area contributed by atoms with Crippen molar-refractivity contribution in [1.29, 1.82) is 0 Å².